The minimum Gasteiger partial charge on any atom is -0.475 e. The molecule has 1 heterocycles. The van der Waals surface area contributed by atoms with Gasteiger partial charge in [0, 0.05) is 0 Å². The van der Waals surface area contributed by atoms with Gasteiger partial charge in [-0.05, 0) is 18.9 Å². The van der Waals surface area contributed by atoms with Gasteiger partial charge in [0.25, 0.3) is 0 Å². The topological polar surface area (TPSA) is 62.1 Å². The van der Waals surface area contributed by atoms with E-state index in [-0.39, 0.29) is 19.8 Å². The number of allylic oxidation sites excluding steroid dienone is 1. The average molecular weight is 368 g/mol. The molecule has 0 aromatic rings. The fraction of sp³-hybridized carbons (Fsp3) is 0.864. The lowest BCUT2D eigenvalue weighted by molar-refractivity contribution is 0.0978. The number of rotatable bonds is 17. The summed E-state index contributed by atoms with van der Waals surface area (Å²) in [6.07, 6.45) is 22.8. The fourth-order valence-corrected chi connectivity index (χ4v) is 3.27. The van der Waals surface area contributed by atoms with E-state index in [1.807, 2.05) is 6.08 Å². The first-order chi connectivity index (χ1) is 12.8. The third-order valence-corrected chi connectivity index (χ3v) is 5.16. The molecule has 0 aliphatic carbocycles. The monoisotopic (exact) mass is 367 g/mol. The first kappa shape index (κ1) is 23.2. The Morgan fingerprint density at radius 1 is 0.846 bits per heavy atom. The summed E-state index contributed by atoms with van der Waals surface area (Å²) in [5.74, 6) is 0.530. The van der Waals surface area contributed by atoms with Gasteiger partial charge < -0.3 is 14.9 Å². The van der Waals surface area contributed by atoms with Crippen molar-refractivity contribution in [2.24, 2.45) is 4.99 Å². The minimum atomic E-state index is -0.838. The van der Waals surface area contributed by atoms with Crippen molar-refractivity contribution in [1.82, 2.24) is 0 Å². The van der Waals surface area contributed by atoms with Crippen LogP contribution in [0.25, 0.3) is 0 Å². The maximum atomic E-state index is 9.27. The van der Waals surface area contributed by atoms with E-state index in [0.29, 0.717) is 5.90 Å². The fourth-order valence-electron chi connectivity index (χ4n) is 3.27. The molecule has 0 spiro atoms. The molecule has 26 heavy (non-hydrogen) atoms. The van der Waals surface area contributed by atoms with E-state index in [4.69, 9.17) is 4.74 Å². The van der Waals surface area contributed by atoms with Gasteiger partial charge >= 0.3 is 0 Å². The Balaban J connectivity index is 1.88. The van der Waals surface area contributed by atoms with Crippen LogP contribution in [-0.4, -0.2) is 41.5 Å². The number of aliphatic hydroxyl groups is 2. The highest BCUT2D eigenvalue weighted by Gasteiger charge is 2.34. The third kappa shape index (κ3) is 10.3. The van der Waals surface area contributed by atoms with Crippen LogP contribution in [0.1, 0.15) is 96.8 Å². The van der Waals surface area contributed by atoms with Gasteiger partial charge in [0.2, 0.25) is 5.90 Å². The van der Waals surface area contributed by atoms with Crippen LogP contribution in [0.4, 0.5) is 0 Å². The van der Waals surface area contributed by atoms with Crippen molar-refractivity contribution in [3.63, 3.8) is 0 Å². The van der Waals surface area contributed by atoms with Crippen molar-refractivity contribution in [2.75, 3.05) is 19.8 Å². The normalized spacial score (nSPS) is 16.2. The molecule has 0 atom stereocenters. The van der Waals surface area contributed by atoms with Gasteiger partial charge in [0.15, 0.2) is 0 Å². The second kappa shape index (κ2) is 15.2. The van der Waals surface area contributed by atoms with Crippen LogP contribution in [0.3, 0.4) is 0 Å². The molecule has 0 saturated heterocycles. The Kier molecular flexibility index (Phi) is 13.6. The molecule has 4 nitrogen and oxygen atoms in total. The van der Waals surface area contributed by atoms with Gasteiger partial charge in [-0.2, -0.15) is 0 Å². The summed E-state index contributed by atoms with van der Waals surface area (Å²) in [4.78, 5) is 4.27. The van der Waals surface area contributed by atoms with Crippen LogP contribution in [-0.2, 0) is 4.74 Å². The molecule has 0 radical (unpaired) electrons. The predicted octanol–water partition coefficient (Wildman–Crippen LogP) is 5.18. The SMILES string of the molecule is CCCCCCCCCCCCCCC/C=C/C1=NC(CO)(CO)CO1. The highest BCUT2D eigenvalue weighted by atomic mass is 16.5. The molecule has 0 bridgehead atoms. The van der Waals surface area contributed by atoms with Gasteiger partial charge in [-0.25, -0.2) is 4.99 Å². The Bertz CT molecular complexity index is 389. The summed E-state index contributed by atoms with van der Waals surface area (Å²) >= 11 is 0. The second-order valence-corrected chi connectivity index (χ2v) is 7.71. The second-order valence-electron chi connectivity index (χ2n) is 7.71. The van der Waals surface area contributed by atoms with Crippen LogP contribution in [0, 0.1) is 0 Å². The molecule has 1 rings (SSSR count). The van der Waals surface area contributed by atoms with Gasteiger partial charge in [0.05, 0.1) is 13.2 Å². The molecule has 152 valence electrons. The van der Waals surface area contributed by atoms with Crippen LogP contribution in [0.5, 0.6) is 0 Å². The molecule has 0 fully saturated rings. The quantitative estimate of drug-likeness (QED) is 0.348. The van der Waals surface area contributed by atoms with Crippen molar-refractivity contribution >= 4 is 5.90 Å². The molecule has 0 saturated carbocycles. The zero-order chi connectivity index (χ0) is 18.9. The number of unbranched alkanes of at least 4 members (excludes halogenated alkanes) is 13. The summed E-state index contributed by atoms with van der Waals surface area (Å²) in [6, 6.07) is 0. The summed E-state index contributed by atoms with van der Waals surface area (Å²) in [5.41, 5.74) is -0.838. The highest BCUT2D eigenvalue weighted by Crippen LogP contribution is 2.18. The minimum absolute atomic E-state index is 0.181. The van der Waals surface area contributed by atoms with Crippen molar-refractivity contribution in [3.8, 4) is 0 Å². The molecule has 0 aromatic carbocycles. The Morgan fingerprint density at radius 3 is 1.81 bits per heavy atom. The van der Waals surface area contributed by atoms with Crippen LogP contribution in [0.2, 0.25) is 0 Å². The first-order valence-electron chi connectivity index (χ1n) is 10.9. The third-order valence-electron chi connectivity index (χ3n) is 5.16. The predicted molar refractivity (Wildman–Crippen MR) is 110 cm³/mol. The van der Waals surface area contributed by atoms with Gasteiger partial charge in [-0.3, -0.25) is 0 Å². The zero-order valence-electron chi connectivity index (χ0n) is 16.9. The van der Waals surface area contributed by atoms with E-state index in [9.17, 15) is 10.2 Å². The van der Waals surface area contributed by atoms with Crippen molar-refractivity contribution in [2.45, 2.75) is 102 Å². The van der Waals surface area contributed by atoms with Crippen molar-refractivity contribution < 1.29 is 14.9 Å². The number of hydrogen-bond acceptors (Lipinski definition) is 4. The molecule has 0 unspecified atom stereocenters. The Hall–Kier alpha value is -0.870. The molecule has 0 aromatic heterocycles. The van der Waals surface area contributed by atoms with Gasteiger partial charge in [-0.1, -0.05) is 90.0 Å². The van der Waals surface area contributed by atoms with Crippen molar-refractivity contribution in [1.29, 1.82) is 0 Å². The molecular formula is C22H41NO3. The number of aliphatic imine (C=N–C) groups is 1. The van der Waals surface area contributed by atoms with Gasteiger partial charge in [0.1, 0.15) is 12.1 Å². The molecule has 4 heteroatoms. The maximum Gasteiger partial charge on any atom is 0.209 e. The largest absolute Gasteiger partial charge is 0.475 e. The number of aliphatic hydroxyl groups excluding tert-OH is 2. The van der Waals surface area contributed by atoms with Gasteiger partial charge in [-0.15, -0.1) is 0 Å². The molecule has 1 aliphatic rings. The lowest BCUT2D eigenvalue weighted by Crippen LogP contribution is -2.37. The summed E-state index contributed by atoms with van der Waals surface area (Å²) in [6.45, 7) is 2.17. The standard InChI is InChI=1S/C22H41NO3/c1-2-3-4-5-6-7-8-9-10-11-12-13-14-15-16-17-21-23-22(18-24,19-25)20-26-21/h16-17,24-25H,2-15,18-20H2,1H3/b17-16+. The van der Waals surface area contributed by atoms with E-state index in [0.717, 1.165) is 6.42 Å². The van der Waals surface area contributed by atoms with Crippen LogP contribution < -0.4 is 0 Å². The van der Waals surface area contributed by atoms with E-state index < -0.39 is 5.54 Å². The summed E-state index contributed by atoms with van der Waals surface area (Å²) in [5, 5.41) is 18.5. The van der Waals surface area contributed by atoms with Crippen LogP contribution in [0.15, 0.2) is 17.1 Å². The molecular weight excluding hydrogens is 326 g/mol. The molecule has 2 N–H and O–H groups in total. The summed E-state index contributed by atoms with van der Waals surface area (Å²) < 4.78 is 5.41. The summed E-state index contributed by atoms with van der Waals surface area (Å²) in [7, 11) is 0. The number of ether oxygens (including phenoxy) is 1. The maximum absolute atomic E-state index is 9.27. The zero-order valence-corrected chi connectivity index (χ0v) is 16.9. The smallest absolute Gasteiger partial charge is 0.209 e. The Labute approximate surface area is 160 Å². The lowest BCUT2D eigenvalue weighted by Gasteiger charge is -2.16. The lowest BCUT2D eigenvalue weighted by atomic mass is 10.0. The number of nitrogens with zero attached hydrogens (tertiary/aromatic N) is 1. The van der Waals surface area contributed by atoms with E-state index in [1.165, 1.54) is 83.5 Å². The molecule has 1 aliphatic heterocycles. The number of hydrogen-bond donors (Lipinski definition) is 2. The highest BCUT2D eigenvalue weighted by molar-refractivity contribution is 5.89. The first-order valence-corrected chi connectivity index (χ1v) is 10.9. The molecule has 0 amide bonds. The Morgan fingerprint density at radius 2 is 1.35 bits per heavy atom. The average Bonchev–Trinajstić information content (AvgIpc) is 3.09. The van der Waals surface area contributed by atoms with E-state index >= 15 is 0 Å². The van der Waals surface area contributed by atoms with E-state index in [1.54, 1.807) is 0 Å². The van der Waals surface area contributed by atoms with Crippen LogP contribution >= 0.6 is 0 Å². The van der Waals surface area contributed by atoms with Crippen molar-refractivity contribution in [3.05, 3.63) is 12.2 Å². The van der Waals surface area contributed by atoms with E-state index in [2.05, 4.69) is 18.0 Å².